The Balaban J connectivity index is 1.77. The molecule has 0 bridgehead atoms. The molecule has 2 aromatic rings. The van der Waals surface area contributed by atoms with E-state index in [1.54, 1.807) is 6.07 Å². The van der Waals surface area contributed by atoms with Crippen molar-refractivity contribution in [2.24, 2.45) is 5.73 Å². The van der Waals surface area contributed by atoms with Crippen LogP contribution in [0.4, 0.5) is 0 Å². The highest BCUT2D eigenvalue weighted by atomic mass is 35.5. The van der Waals surface area contributed by atoms with Crippen LogP contribution in [0.3, 0.4) is 0 Å². The number of halogens is 2. The van der Waals surface area contributed by atoms with E-state index in [1.165, 1.54) is 18.4 Å². The summed E-state index contributed by atoms with van der Waals surface area (Å²) in [6, 6.07) is 16.3. The van der Waals surface area contributed by atoms with Gasteiger partial charge in [0.05, 0.1) is 5.54 Å². The zero-order chi connectivity index (χ0) is 16.3. The molecule has 2 nitrogen and oxygen atoms in total. The average Bonchev–Trinajstić information content (AvgIpc) is 2.54. The van der Waals surface area contributed by atoms with Gasteiger partial charge in [0.25, 0.3) is 0 Å². The second kappa shape index (κ2) is 7.23. The van der Waals surface area contributed by atoms with Crippen LogP contribution in [0.25, 0.3) is 0 Å². The van der Waals surface area contributed by atoms with Gasteiger partial charge in [-0.05, 0) is 42.2 Å². The van der Waals surface area contributed by atoms with E-state index in [0.29, 0.717) is 10.0 Å². The standard InChI is InChI=1S/C19H22Cl2N2/c20-16-10-14(11-17(21)12-16)13-23-18-8-4-5-9-19(18,22)15-6-2-1-3-7-15/h1-3,6-7,10-12,18,23H,4-5,8-9,13,22H2. The molecule has 0 heterocycles. The Kier molecular flexibility index (Phi) is 5.27. The van der Waals surface area contributed by atoms with Crippen LogP contribution in [0.2, 0.25) is 10.0 Å². The molecule has 122 valence electrons. The lowest BCUT2D eigenvalue weighted by atomic mass is 9.73. The van der Waals surface area contributed by atoms with Gasteiger partial charge in [0.15, 0.2) is 0 Å². The Hall–Kier alpha value is -1.06. The summed E-state index contributed by atoms with van der Waals surface area (Å²) in [6.07, 6.45) is 4.47. The Bertz CT molecular complexity index is 639. The van der Waals surface area contributed by atoms with Crippen LogP contribution in [0, 0.1) is 0 Å². The van der Waals surface area contributed by atoms with Crippen molar-refractivity contribution in [3.8, 4) is 0 Å². The molecule has 2 atom stereocenters. The molecule has 0 aliphatic heterocycles. The molecule has 3 rings (SSSR count). The predicted molar refractivity (Wildman–Crippen MR) is 97.9 cm³/mol. The van der Waals surface area contributed by atoms with Crippen LogP contribution >= 0.6 is 23.2 Å². The molecule has 2 aromatic carbocycles. The minimum absolute atomic E-state index is 0.247. The van der Waals surface area contributed by atoms with Crippen molar-refractivity contribution in [2.75, 3.05) is 0 Å². The smallest absolute Gasteiger partial charge is 0.0565 e. The fourth-order valence-electron chi connectivity index (χ4n) is 3.53. The van der Waals surface area contributed by atoms with Gasteiger partial charge in [-0.3, -0.25) is 0 Å². The molecule has 1 saturated carbocycles. The molecule has 23 heavy (non-hydrogen) atoms. The van der Waals surface area contributed by atoms with E-state index in [-0.39, 0.29) is 11.6 Å². The first kappa shape index (κ1) is 16.8. The highest BCUT2D eigenvalue weighted by Crippen LogP contribution is 2.35. The Morgan fingerprint density at radius 2 is 1.74 bits per heavy atom. The van der Waals surface area contributed by atoms with Crippen LogP contribution in [-0.4, -0.2) is 6.04 Å². The topological polar surface area (TPSA) is 38.0 Å². The summed E-state index contributed by atoms with van der Waals surface area (Å²) in [5, 5.41) is 4.97. The van der Waals surface area contributed by atoms with Gasteiger partial charge in [0.2, 0.25) is 0 Å². The predicted octanol–water partition coefficient (Wildman–Crippen LogP) is 4.88. The number of nitrogens with two attached hydrogens (primary N) is 1. The number of benzene rings is 2. The van der Waals surface area contributed by atoms with E-state index < -0.39 is 0 Å². The maximum Gasteiger partial charge on any atom is 0.0565 e. The third-order valence-electron chi connectivity index (χ3n) is 4.74. The fraction of sp³-hybridized carbons (Fsp3) is 0.368. The zero-order valence-electron chi connectivity index (χ0n) is 13.1. The monoisotopic (exact) mass is 348 g/mol. The first-order valence-electron chi connectivity index (χ1n) is 8.11. The molecule has 0 aromatic heterocycles. The summed E-state index contributed by atoms with van der Waals surface area (Å²) in [6.45, 7) is 0.719. The molecule has 1 aliphatic carbocycles. The SMILES string of the molecule is NC1(c2ccccc2)CCCCC1NCc1cc(Cl)cc(Cl)c1. The number of hydrogen-bond acceptors (Lipinski definition) is 2. The summed E-state index contributed by atoms with van der Waals surface area (Å²) >= 11 is 12.2. The molecule has 2 unspecified atom stereocenters. The molecular weight excluding hydrogens is 327 g/mol. The van der Waals surface area contributed by atoms with Gasteiger partial charge in [-0.25, -0.2) is 0 Å². The molecule has 0 spiro atoms. The lowest BCUT2D eigenvalue weighted by Crippen LogP contribution is -2.56. The number of rotatable bonds is 4. The molecule has 0 radical (unpaired) electrons. The Labute approximate surface area is 148 Å². The minimum atomic E-state index is -0.318. The largest absolute Gasteiger partial charge is 0.320 e. The second-order valence-electron chi connectivity index (χ2n) is 6.36. The second-order valence-corrected chi connectivity index (χ2v) is 7.24. The Morgan fingerprint density at radius 1 is 1.04 bits per heavy atom. The van der Waals surface area contributed by atoms with Gasteiger partial charge < -0.3 is 11.1 Å². The first-order chi connectivity index (χ1) is 11.1. The highest BCUT2D eigenvalue weighted by Gasteiger charge is 2.38. The summed E-state index contributed by atoms with van der Waals surface area (Å²) in [5.74, 6) is 0. The van der Waals surface area contributed by atoms with Gasteiger partial charge >= 0.3 is 0 Å². The van der Waals surface area contributed by atoms with Crippen LogP contribution in [0.5, 0.6) is 0 Å². The van der Waals surface area contributed by atoms with Crippen LogP contribution < -0.4 is 11.1 Å². The van der Waals surface area contributed by atoms with E-state index in [2.05, 4.69) is 29.6 Å². The quantitative estimate of drug-likeness (QED) is 0.826. The first-order valence-corrected chi connectivity index (χ1v) is 8.86. The van der Waals surface area contributed by atoms with Crippen molar-refractivity contribution in [3.05, 3.63) is 69.7 Å². The van der Waals surface area contributed by atoms with Gasteiger partial charge in [0, 0.05) is 22.6 Å². The van der Waals surface area contributed by atoms with Gasteiger partial charge in [-0.1, -0.05) is 66.4 Å². The summed E-state index contributed by atoms with van der Waals surface area (Å²) in [7, 11) is 0. The molecule has 0 saturated heterocycles. The van der Waals surface area contributed by atoms with E-state index in [4.69, 9.17) is 28.9 Å². The minimum Gasteiger partial charge on any atom is -0.320 e. The van der Waals surface area contributed by atoms with E-state index in [1.807, 2.05) is 18.2 Å². The Morgan fingerprint density at radius 3 is 2.43 bits per heavy atom. The van der Waals surface area contributed by atoms with Crippen molar-refractivity contribution in [2.45, 2.75) is 43.8 Å². The summed E-state index contributed by atoms with van der Waals surface area (Å²) < 4.78 is 0. The van der Waals surface area contributed by atoms with Crippen molar-refractivity contribution in [1.29, 1.82) is 0 Å². The van der Waals surface area contributed by atoms with Crippen LogP contribution in [0.1, 0.15) is 36.8 Å². The van der Waals surface area contributed by atoms with Crippen LogP contribution in [0.15, 0.2) is 48.5 Å². The highest BCUT2D eigenvalue weighted by molar-refractivity contribution is 6.34. The van der Waals surface area contributed by atoms with E-state index >= 15 is 0 Å². The normalized spacial score (nSPS) is 24.6. The van der Waals surface area contributed by atoms with Crippen molar-refractivity contribution in [3.63, 3.8) is 0 Å². The number of nitrogens with one attached hydrogen (secondary N) is 1. The van der Waals surface area contributed by atoms with Gasteiger partial charge in [-0.2, -0.15) is 0 Å². The van der Waals surface area contributed by atoms with Crippen molar-refractivity contribution >= 4 is 23.2 Å². The van der Waals surface area contributed by atoms with E-state index in [9.17, 15) is 0 Å². The maximum absolute atomic E-state index is 6.83. The molecule has 3 N–H and O–H groups in total. The zero-order valence-corrected chi connectivity index (χ0v) is 14.6. The lowest BCUT2D eigenvalue weighted by Gasteiger charge is -2.42. The average molecular weight is 349 g/mol. The van der Waals surface area contributed by atoms with Crippen LogP contribution in [-0.2, 0) is 12.1 Å². The fourth-order valence-corrected chi connectivity index (χ4v) is 4.10. The van der Waals surface area contributed by atoms with Gasteiger partial charge in [0.1, 0.15) is 0 Å². The summed E-state index contributed by atoms with van der Waals surface area (Å²) in [5.41, 5.74) is 8.81. The molecule has 4 heteroatoms. The molecule has 1 fully saturated rings. The van der Waals surface area contributed by atoms with Gasteiger partial charge in [-0.15, -0.1) is 0 Å². The maximum atomic E-state index is 6.83. The lowest BCUT2D eigenvalue weighted by molar-refractivity contribution is 0.215. The van der Waals surface area contributed by atoms with Crippen molar-refractivity contribution in [1.82, 2.24) is 5.32 Å². The molecule has 0 amide bonds. The van der Waals surface area contributed by atoms with Crippen molar-refractivity contribution < 1.29 is 0 Å². The third kappa shape index (κ3) is 3.89. The molecule has 1 aliphatic rings. The molecular formula is C19H22Cl2N2. The third-order valence-corrected chi connectivity index (χ3v) is 5.18. The number of hydrogen-bond donors (Lipinski definition) is 2. The summed E-state index contributed by atoms with van der Waals surface area (Å²) in [4.78, 5) is 0. The van der Waals surface area contributed by atoms with E-state index in [0.717, 1.165) is 24.9 Å².